The Bertz CT molecular complexity index is 757. The Kier molecular flexibility index (Phi) is 5.33. The third-order valence-electron chi connectivity index (χ3n) is 4.27. The number of hydrogen-bond donors (Lipinski definition) is 0. The molecule has 1 aliphatic heterocycles. The van der Waals surface area contributed by atoms with Gasteiger partial charge in [0.05, 0.1) is 18.5 Å². The first-order valence-corrected chi connectivity index (χ1v) is 9.83. The van der Waals surface area contributed by atoms with Crippen LogP contribution in [-0.4, -0.2) is 38.5 Å². The topological polar surface area (TPSA) is 46.6 Å². The molecule has 2 aromatic rings. The Balaban J connectivity index is 1.65. The van der Waals surface area contributed by atoms with Gasteiger partial charge in [-0.25, -0.2) is 8.42 Å². The molecule has 1 unspecified atom stereocenters. The number of benzene rings is 2. The molecule has 0 amide bonds. The SMILES string of the molecule is Cc1ccc(CS(=O)(=O)N2CCOC(Cc3ccccc3)C2)cc1. The van der Waals surface area contributed by atoms with Crippen LogP contribution < -0.4 is 0 Å². The minimum Gasteiger partial charge on any atom is -0.375 e. The molecular formula is C19H23NO3S. The lowest BCUT2D eigenvalue weighted by Crippen LogP contribution is -2.46. The van der Waals surface area contributed by atoms with E-state index in [1.165, 1.54) is 5.56 Å². The third kappa shape index (κ3) is 4.44. The fourth-order valence-corrected chi connectivity index (χ4v) is 4.47. The Hall–Kier alpha value is -1.69. The van der Waals surface area contributed by atoms with Crippen LogP contribution in [0.3, 0.4) is 0 Å². The van der Waals surface area contributed by atoms with Crippen LogP contribution in [0.1, 0.15) is 16.7 Å². The second kappa shape index (κ2) is 7.47. The summed E-state index contributed by atoms with van der Waals surface area (Å²) in [5.41, 5.74) is 3.12. The number of morpholine rings is 1. The van der Waals surface area contributed by atoms with Crippen molar-refractivity contribution in [1.29, 1.82) is 0 Å². The summed E-state index contributed by atoms with van der Waals surface area (Å²) >= 11 is 0. The highest BCUT2D eigenvalue weighted by atomic mass is 32.2. The summed E-state index contributed by atoms with van der Waals surface area (Å²) in [6.07, 6.45) is 0.645. The fraction of sp³-hybridized carbons (Fsp3) is 0.368. The smallest absolute Gasteiger partial charge is 0.218 e. The summed E-state index contributed by atoms with van der Waals surface area (Å²) in [6, 6.07) is 17.7. The number of aryl methyl sites for hydroxylation is 1. The number of ether oxygens (including phenoxy) is 1. The third-order valence-corrected chi connectivity index (χ3v) is 6.09. The predicted octanol–water partition coefficient (Wildman–Crippen LogP) is 2.77. The first kappa shape index (κ1) is 17.1. The van der Waals surface area contributed by atoms with Crippen LogP contribution in [0.4, 0.5) is 0 Å². The molecule has 0 saturated carbocycles. The zero-order chi connectivity index (χ0) is 17.0. The molecule has 1 atom stereocenters. The lowest BCUT2D eigenvalue weighted by molar-refractivity contribution is -0.000542. The summed E-state index contributed by atoms with van der Waals surface area (Å²) < 4.78 is 32.8. The van der Waals surface area contributed by atoms with Crippen molar-refractivity contribution in [3.63, 3.8) is 0 Å². The van der Waals surface area contributed by atoms with Crippen molar-refractivity contribution in [3.05, 3.63) is 71.3 Å². The average Bonchev–Trinajstić information content (AvgIpc) is 2.58. The molecular weight excluding hydrogens is 322 g/mol. The van der Waals surface area contributed by atoms with Gasteiger partial charge in [0.2, 0.25) is 10.0 Å². The molecule has 0 N–H and O–H groups in total. The van der Waals surface area contributed by atoms with E-state index >= 15 is 0 Å². The molecule has 24 heavy (non-hydrogen) atoms. The van der Waals surface area contributed by atoms with Crippen molar-refractivity contribution in [2.45, 2.75) is 25.2 Å². The van der Waals surface area contributed by atoms with Crippen LogP contribution in [0.2, 0.25) is 0 Å². The van der Waals surface area contributed by atoms with Gasteiger partial charge >= 0.3 is 0 Å². The lowest BCUT2D eigenvalue weighted by Gasteiger charge is -2.32. The Morgan fingerprint density at radius 3 is 2.46 bits per heavy atom. The quantitative estimate of drug-likeness (QED) is 0.837. The monoisotopic (exact) mass is 345 g/mol. The Morgan fingerprint density at radius 2 is 1.75 bits per heavy atom. The number of rotatable bonds is 5. The standard InChI is InChI=1S/C19H23NO3S/c1-16-7-9-18(10-8-16)15-24(21,22)20-11-12-23-19(14-20)13-17-5-3-2-4-6-17/h2-10,19H,11-15H2,1H3. The number of sulfonamides is 1. The molecule has 3 rings (SSSR count). The molecule has 128 valence electrons. The van der Waals surface area contributed by atoms with Gasteiger partial charge in [-0.2, -0.15) is 4.31 Å². The molecule has 1 saturated heterocycles. The van der Waals surface area contributed by atoms with Crippen LogP contribution in [0.25, 0.3) is 0 Å². The van der Waals surface area contributed by atoms with E-state index in [0.717, 1.165) is 17.5 Å². The van der Waals surface area contributed by atoms with E-state index in [2.05, 4.69) is 0 Å². The Morgan fingerprint density at radius 1 is 1.04 bits per heavy atom. The summed E-state index contributed by atoms with van der Waals surface area (Å²) in [6.45, 7) is 3.29. The highest BCUT2D eigenvalue weighted by Gasteiger charge is 2.29. The van der Waals surface area contributed by atoms with Crippen molar-refractivity contribution in [2.75, 3.05) is 19.7 Å². The normalized spacial score (nSPS) is 19.3. The van der Waals surface area contributed by atoms with Crippen LogP contribution >= 0.6 is 0 Å². The molecule has 4 nitrogen and oxygen atoms in total. The highest BCUT2D eigenvalue weighted by Crippen LogP contribution is 2.18. The second-order valence-corrected chi connectivity index (χ2v) is 8.25. The largest absolute Gasteiger partial charge is 0.375 e. The van der Waals surface area contributed by atoms with Gasteiger partial charge in [-0.3, -0.25) is 0 Å². The molecule has 5 heteroatoms. The van der Waals surface area contributed by atoms with Gasteiger partial charge in [0, 0.05) is 13.1 Å². The van der Waals surface area contributed by atoms with E-state index in [-0.39, 0.29) is 11.9 Å². The molecule has 0 aromatic heterocycles. The molecule has 1 aliphatic rings. The number of nitrogens with zero attached hydrogens (tertiary/aromatic N) is 1. The van der Waals surface area contributed by atoms with Gasteiger partial charge in [0.25, 0.3) is 0 Å². The van der Waals surface area contributed by atoms with E-state index in [0.29, 0.717) is 19.7 Å². The number of hydrogen-bond acceptors (Lipinski definition) is 3. The van der Waals surface area contributed by atoms with E-state index in [4.69, 9.17) is 4.74 Å². The van der Waals surface area contributed by atoms with Crippen LogP contribution in [0.15, 0.2) is 54.6 Å². The van der Waals surface area contributed by atoms with E-state index in [1.807, 2.05) is 61.5 Å². The van der Waals surface area contributed by atoms with Crippen molar-refractivity contribution in [3.8, 4) is 0 Å². The molecule has 0 spiro atoms. The summed E-state index contributed by atoms with van der Waals surface area (Å²) in [5, 5.41) is 0. The maximum atomic E-state index is 12.7. The van der Waals surface area contributed by atoms with Gasteiger partial charge < -0.3 is 4.74 Å². The van der Waals surface area contributed by atoms with Gasteiger partial charge in [-0.05, 0) is 24.5 Å². The highest BCUT2D eigenvalue weighted by molar-refractivity contribution is 7.88. The zero-order valence-electron chi connectivity index (χ0n) is 13.9. The van der Waals surface area contributed by atoms with Crippen molar-refractivity contribution < 1.29 is 13.2 Å². The molecule has 0 radical (unpaired) electrons. The van der Waals surface area contributed by atoms with Crippen molar-refractivity contribution in [2.24, 2.45) is 0 Å². The van der Waals surface area contributed by atoms with Gasteiger partial charge in [-0.15, -0.1) is 0 Å². The average molecular weight is 345 g/mol. The molecule has 1 heterocycles. The van der Waals surface area contributed by atoms with E-state index in [9.17, 15) is 8.42 Å². The van der Waals surface area contributed by atoms with Gasteiger partial charge in [-0.1, -0.05) is 60.2 Å². The lowest BCUT2D eigenvalue weighted by atomic mass is 10.1. The predicted molar refractivity (Wildman–Crippen MR) is 95.3 cm³/mol. The molecule has 1 fully saturated rings. The summed E-state index contributed by atoms with van der Waals surface area (Å²) in [7, 11) is -3.32. The van der Waals surface area contributed by atoms with Crippen LogP contribution in [-0.2, 0) is 26.9 Å². The molecule has 0 aliphatic carbocycles. The second-order valence-electron chi connectivity index (χ2n) is 6.28. The zero-order valence-corrected chi connectivity index (χ0v) is 14.7. The van der Waals surface area contributed by atoms with Crippen molar-refractivity contribution in [1.82, 2.24) is 4.31 Å². The maximum absolute atomic E-state index is 12.7. The first-order valence-electron chi connectivity index (χ1n) is 8.22. The first-order chi connectivity index (χ1) is 11.5. The fourth-order valence-electron chi connectivity index (χ4n) is 2.93. The van der Waals surface area contributed by atoms with Crippen molar-refractivity contribution >= 4 is 10.0 Å². The van der Waals surface area contributed by atoms with Gasteiger partial charge in [0.1, 0.15) is 0 Å². The van der Waals surface area contributed by atoms with Crippen LogP contribution in [0, 0.1) is 6.92 Å². The van der Waals surface area contributed by atoms with Gasteiger partial charge in [0.15, 0.2) is 0 Å². The molecule has 0 bridgehead atoms. The minimum absolute atomic E-state index is 0.0470. The van der Waals surface area contributed by atoms with E-state index in [1.54, 1.807) is 4.31 Å². The van der Waals surface area contributed by atoms with Crippen LogP contribution in [0.5, 0.6) is 0 Å². The Labute approximate surface area is 144 Å². The minimum atomic E-state index is -3.32. The summed E-state index contributed by atoms with van der Waals surface area (Å²) in [4.78, 5) is 0. The summed E-state index contributed by atoms with van der Waals surface area (Å²) in [5.74, 6) is 0.0470. The molecule has 2 aromatic carbocycles. The maximum Gasteiger partial charge on any atom is 0.218 e. The van der Waals surface area contributed by atoms with E-state index < -0.39 is 10.0 Å².